The Hall–Kier alpha value is -3.69. The molecule has 5 rings (SSSR count). The first kappa shape index (κ1) is 47.4. The summed E-state index contributed by atoms with van der Waals surface area (Å²) in [5.41, 5.74) is -1.23. The minimum absolute atomic E-state index is 0.0145. The Bertz CT molecular complexity index is 1730. The van der Waals surface area contributed by atoms with Gasteiger partial charge in [-0.05, 0) is 65.6 Å². The Balaban J connectivity index is 1.67. The number of aliphatic hydroxyl groups is 1. The summed E-state index contributed by atoms with van der Waals surface area (Å²) in [6.45, 7) is 11.4. The quantitative estimate of drug-likeness (QED) is 0.0551. The molecule has 0 spiro atoms. The van der Waals surface area contributed by atoms with Gasteiger partial charge in [0.1, 0.15) is 42.4 Å². The van der Waals surface area contributed by atoms with Gasteiger partial charge in [-0.3, -0.25) is 4.79 Å². The number of ether oxygens (including phenoxy) is 10. The summed E-state index contributed by atoms with van der Waals surface area (Å²) in [4.78, 5) is 15.1. The van der Waals surface area contributed by atoms with Crippen molar-refractivity contribution in [1.29, 1.82) is 0 Å². The Labute approximate surface area is 356 Å². The molecule has 0 aliphatic heterocycles. The van der Waals surface area contributed by atoms with Crippen LogP contribution in [-0.2, 0) is 62.5 Å². The molecule has 12 heteroatoms. The molecule has 60 heavy (non-hydrogen) atoms. The van der Waals surface area contributed by atoms with E-state index >= 15 is 4.79 Å². The lowest BCUT2D eigenvalue weighted by molar-refractivity contribution is -0.238. The van der Waals surface area contributed by atoms with Crippen LogP contribution in [0, 0.1) is 23.2 Å². The molecule has 0 radical (unpaired) electrons. The summed E-state index contributed by atoms with van der Waals surface area (Å²) in [5, 5.41) is 12.6. The summed E-state index contributed by atoms with van der Waals surface area (Å²) in [6, 6.07) is 25.2. The number of carbonyl (C=O) groups is 1. The number of hydrogen-bond acceptors (Lipinski definition) is 12. The van der Waals surface area contributed by atoms with Crippen molar-refractivity contribution < 1.29 is 57.3 Å². The van der Waals surface area contributed by atoms with Gasteiger partial charge in [-0.1, -0.05) is 81.4 Å². The highest BCUT2D eigenvalue weighted by Crippen LogP contribution is 2.57. The molecule has 2 aliphatic rings. The first-order valence-corrected chi connectivity index (χ1v) is 20.8. The molecule has 0 unspecified atom stereocenters. The van der Waals surface area contributed by atoms with E-state index in [1.807, 2.05) is 99.6 Å². The van der Waals surface area contributed by atoms with Crippen LogP contribution in [0.1, 0.15) is 56.7 Å². The molecule has 2 aliphatic carbocycles. The number of methoxy groups -OCH3 is 4. The first-order chi connectivity index (χ1) is 29.0. The lowest BCUT2D eigenvalue weighted by Crippen LogP contribution is -2.60. The molecular weight excluding hydrogens is 769 g/mol. The summed E-state index contributed by atoms with van der Waals surface area (Å²) in [5.74, 6) is -0.279. The second-order valence-corrected chi connectivity index (χ2v) is 16.4. The molecule has 0 amide bonds. The zero-order valence-corrected chi connectivity index (χ0v) is 36.5. The average molecular weight is 835 g/mol. The number of Topliss-reactive ketones (excluding diaryl/α,β-unsaturated/α-hetero) is 1. The smallest absolute Gasteiger partial charge is 0.165 e. The van der Waals surface area contributed by atoms with Crippen LogP contribution in [0.15, 0.2) is 91.5 Å². The van der Waals surface area contributed by atoms with Crippen LogP contribution in [0.5, 0.6) is 11.5 Å². The Morgan fingerprint density at radius 2 is 1.40 bits per heavy atom. The van der Waals surface area contributed by atoms with E-state index in [0.29, 0.717) is 19.6 Å². The maximum Gasteiger partial charge on any atom is 0.165 e. The fourth-order valence-electron chi connectivity index (χ4n) is 9.08. The van der Waals surface area contributed by atoms with Gasteiger partial charge >= 0.3 is 0 Å². The van der Waals surface area contributed by atoms with E-state index < -0.39 is 46.8 Å². The van der Waals surface area contributed by atoms with Gasteiger partial charge in [0.15, 0.2) is 5.78 Å². The van der Waals surface area contributed by atoms with Crippen LogP contribution in [0.25, 0.3) is 0 Å². The fourth-order valence-corrected chi connectivity index (χ4v) is 9.08. The van der Waals surface area contributed by atoms with Crippen molar-refractivity contribution in [2.24, 2.45) is 23.2 Å². The van der Waals surface area contributed by atoms with E-state index in [4.69, 9.17) is 47.4 Å². The first-order valence-electron chi connectivity index (χ1n) is 20.8. The fraction of sp³-hybridized carbons (Fsp3) is 0.562. The molecule has 330 valence electrons. The maximum atomic E-state index is 15.1. The topological polar surface area (TPSA) is 130 Å². The normalized spacial score (nSPS) is 25.4. The Morgan fingerprint density at radius 1 is 0.783 bits per heavy atom. The largest absolute Gasteiger partial charge is 0.497 e. The summed E-state index contributed by atoms with van der Waals surface area (Å²) < 4.78 is 61.7. The highest BCUT2D eigenvalue weighted by molar-refractivity contribution is 5.89. The second kappa shape index (κ2) is 22.4. The maximum absolute atomic E-state index is 15.1. The Kier molecular flexibility index (Phi) is 17.7. The van der Waals surface area contributed by atoms with E-state index in [-0.39, 0.29) is 64.6 Å². The van der Waals surface area contributed by atoms with Crippen LogP contribution in [0.4, 0.5) is 0 Å². The van der Waals surface area contributed by atoms with Crippen LogP contribution in [0.3, 0.4) is 0 Å². The second-order valence-electron chi connectivity index (χ2n) is 16.4. The molecule has 8 atom stereocenters. The molecule has 2 fully saturated rings. The highest BCUT2D eigenvalue weighted by atomic mass is 16.7. The van der Waals surface area contributed by atoms with E-state index in [0.717, 1.165) is 28.2 Å². The zero-order valence-electron chi connectivity index (χ0n) is 36.5. The lowest BCUT2D eigenvalue weighted by Gasteiger charge is -2.49. The molecule has 2 bridgehead atoms. The van der Waals surface area contributed by atoms with Crippen molar-refractivity contribution in [3.8, 4) is 11.5 Å². The number of benzene rings is 3. The third kappa shape index (κ3) is 11.0. The van der Waals surface area contributed by atoms with E-state index in [9.17, 15) is 5.11 Å². The molecule has 12 nitrogen and oxygen atoms in total. The minimum atomic E-state index is -1.67. The molecule has 2 saturated carbocycles. The van der Waals surface area contributed by atoms with Crippen molar-refractivity contribution in [2.45, 2.75) is 89.4 Å². The third-order valence-corrected chi connectivity index (χ3v) is 12.7. The van der Waals surface area contributed by atoms with Gasteiger partial charge in [0, 0.05) is 32.0 Å². The zero-order chi connectivity index (χ0) is 43.2. The van der Waals surface area contributed by atoms with Gasteiger partial charge < -0.3 is 52.5 Å². The van der Waals surface area contributed by atoms with Crippen molar-refractivity contribution >= 4 is 5.78 Å². The summed E-state index contributed by atoms with van der Waals surface area (Å²) in [6.07, 6.45) is 0.341. The molecule has 0 heterocycles. The number of carbonyl (C=O) groups excluding carboxylic acids is 1. The van der Waals surface area contributed by atoms with Crippen LogP contribution >= 0.6 is 0 Å². The molecular formula is C48H66O12. The van der Waals surface area contributed by atoms with E-state index in [1.165, 1.54) is 0 Å². The summed E-state index contributed by atoms with van der Waals surface area (Å²) >= 11 is 0. The number of fused-ring (bicyclic) bond motifs is 2. The number of rotatable bonds is 24. The van der Waals surface area contributed by atoms with Gasteiger partial charge in [0.05, 0.1) is 66.1 Å². The van der Waals surface area contributed by atoms with Gasteiger partial charge in [-0.15, -0.1) is 6.58 Å². The molecule has 0 saturated heterocycles. The van der Waals surface area contributed by atoms with E-state index in [1.54, 1.807) is 34.5 Å². The number of hydrogen-bond donors (Lipinski definition) is 1. The van der Waals surface area contributed by atoms with E-state index in [2.05, 4.69) is 6.58 Å². The molecule has 3 aromatic rings. The highest BCUT2D eigenvalue weighted by Gasteiger charge is 2.64. The van der Waals surface area contributed by atoms with Gasteiger partial charge in [-0.2, -0.15) is 0 Å². The Morgan fingerprint density at radius 3 is 2.00 bits per heavy atom. The predicted molar refractivity (Wildman–Crippen MR) is 226 cm³/mol. The van der Waals surface area contributed by atoms with Gasteiger partial charge in [0.2, 0.25) is 0 Å². The van der Waals surface area contributed by atoms with Crippen molar-refractivity contribution in [2.75, 3.05) is 61.8 Å². The van der Waals surface area contributed by atoms with Crippen molar-refractivity contribution in [3.63, 3.8) is 0 Å². The van der Waals surface area contributed by atoms with Crippen molar-refractivity contribution in [1.82, 2.24) is 0 Å². The monoisotopic (exact) mass is 834 g/mol. The SMILES string of the molecule is C=C[C@@H](OCc1ccc(OC)cc1)[C@](COCc1ccc(OC)cc1)(OCc1ccccc1)[C@H]1CC(=O)[C@@]2(O)CC[C@@H]([C@@H](OCOC)[C@@H](OCOCCOC)[C@@H]1C)C2(C)C. The minimum Gasteiger partial charge on any atom is -0.497 e. The van der Waals surface area contributed by atoms with Crippen molar-refractivity contribution in [3.05, 3.63) is 108 Å². The standard InChI is InChI=1S/C48H66O12/c1-9-43(57-29-37-17-21-39(54-8)22-18-37)47(60-30-35-13-11-10-12-14-35,31-56-28-36-15-19-38(53-7)20-16-36)41-27-42(49)48(50)24-23-40(46(48,3)4)45(58-32-52-6)44(34(41)2)59-33-55-26-25-51-5/h9-22,34,40-41,43-45,50H,1,23-33H2,2-8H3/t34-,40+,41+,43-,44+,45-,47-,48+/m1/s1. The molecule has 3 aromatic carbocycles. The van der Waals surface area contributed by atoms with Gasteiger partial charge in [-0.25, -0.2) is 0 Å². The van der Waals surface area contributed by atoms with Crippen LogP contribution < -0.4 is 9.47 Å². The van der Waals surface area contributed by atoms with Gasteiger partial charge in [0.25, 0.3) is 0 Å². The lowest BCUT2D eigenvalue weighted by atomic mass is 9.67. The van der Waals surface area contributed by atoms with Crippen LogP contribution in [0.2, 0.25) is 0 Å². The predicted octanol–water partition coefficient (Wildman–Crippen LogP) is 7.33. The average Bonchev–Trinajstić information content (AvgIpc) is 3.52. The molecule has 1 N–H and O–H groups in total. The third-order valence-electron chi connectivity index (χ3n) is 12.7. The number of ketones is 1. The van der Waals surface area contributed by atoms with Crippen LogP contribution in [-0.4, -0.2) is 102 Å². The molecule has 0 aromatic heterocycles. The summed E-state index contributed by atoms with van der Waals surface area (Å²) in [7, 11) is 6.44.